The Morgan fingerprint density at radius 2 is 1.83 bits per heavy atom. The molecule has 1 heterocycles. The topological polar surface area (TPSA) is 94.3 Å². The Kier molecular flexibility index (Phi) is 5.53. The molecule has 2 aromatic carbocycles. The van der Waals surface area contributed by atoms with Gasteiger partial charge < -0.3 is 9.26 Å². The summed E-state index contributed by atoms with van der Waals surface area (Å²) in [6.07, 6.45) is 5.62. The number of methoxy groups -OCH3 is 1. The first-order valence-electron chi connectivity index (χ1n) is 9.67. The molecule has 0 saturated heterocycles. The lowest BCUT2D eigenvalue weighted by atomic mass is 9.89. The quantitative estimate of drug-likeness (QED) is 0.635. The number of hydrogen-bond acceptors (Lipinski definition) is 6. The SMILES string of the molecule is COc1ccc(S(=O)(=O)Nc2ccccc2)cc1-c1noc(C2CCCCC2)n1. The van der Waals surface area contributed by atoms with Crippen LogP contribution in [0.4, 0.5) is 5.69 Å². The summed E-state index contributed by atoms with van der Waals surface area (Å²) in [6, 6.07) is 13.4. The highest BCUT2D eigenvalue weighted by Crippen LogP contribution is 2.35. The van der Waals surface area contributed by atoms with Crippen molar-refractivity contribution in [3.8, 4) is 17.1 Å². The molecule has 0 atom stereocenters. The summed E-state index contributed by atoms with van der Waals surface area (Å²) >= 11 is 0. The van der Waals surface area contributed by atoms with E-state index in [2.05, 4.69) is 14.9 Å². The van der Waals surface area contributed by atoms with Crippen molar-refractivity contribution in [2.75, 3.05) is 11.8 Å². The number of nitrogens with one attached hydrogen (secondary N) is 1. The van der Waals surface area contributed by atoms with Crippen LogP contribution < -0.4 is 9.46 Å². The molecule has 8 heteroatoms. The first kappa shape index (κ1) is 19.4. The monoisotopic (exact) mass is 413 g/mol. The molecule has 0 radical (unpaired) electrons. The Balaban J connectivity index is 1.66. The van der Waals surface area contributed by atoms with Gasteiger partial charge in [0, 0.05) is 11.6 Å². The smallest absolute Gasteiger partial charge is 0.261 e. The van der Waals surface area contributed by atoms with E-state index in [4.69, 9.17) is 9.26 Å². The Hall–Kier alpha value is -2.87. The van der Waals surface area contributed by atoms with Gasteiger partial charge in [-0.1, -0.05) is 42.6 Å². The lowest BCUT2D eigenvalue weighted by Crippen LogP contribution is -2.13. The van der Waals surface area contributed by atoms with Crippen molar-refractivity contribution in [3.63, 3.8) is 0 Å². The number of nitrogens with zero attached hydrogens (tertiary/aromatic N) is 2. The maximum absolute atomic E-state index is 12.8. The average molecular weight is 413 g/mol. The van der Waals surface area contributed by atoms with Gasteiger partial charge in [-0.05, 0) is 43.2 Å². The summed E-state index contributed by atoms with van der Waals surface area (Å²) in [5.74, 6) is 1.69. The first-order valence-corrected chi connectivity index (χ1v) is 11.1. The van der Waals surface area contributed by atoms with Crippen LogP contribution in [0, 0.1) is 0 Å². The molecule has 4 rings (SSSR count). The molecule has 1 aliphatic rings. The van der Waals surface area contributed by atoms with Crippen LogP contribution in [0.1, 0.15) is 43.9 Å². The summed E-state index contributed by atoms with van der Waals surface area (Å²) in [5.41, 5.74) is 0.971. The van der Waals surface area contributed by atoms with E-state index < -0.39 is 10.0 Å². The van der Waals surface area contributed by atoms with Crippen LogP contribution in [0.2, 0.25) is 0 Å². The molecule has 0 amide bonds. The zero-order valence-electron chi connectivity index (χ0n) is 16.2. The minimum atomic E-state index is -3.77. The van der Waals surface area contributed by atoms with E-state index in [9.17, 15) is 8.42 Å². The van der Waals surface area contributed by atoms with Gasteiger partial charge in [-0.25, -0.2) is 8.42 Å². The maximum atomic E-state index is 12.8. The van der Waals surface area contributed by atoms with Gasteiger partial charge in [0.1, 0.15) is 5.75 Å². The molecule has 152 valence electrons. The number of rotatable bonds is 6. The number of anilines is 1. The molecule has 1 N–H and O–H groups in total. The van der Waals surface area contributed by atoms with Crippen LogP contribution in [-0.4, -0.2) is 25.7 Å². The minimum Gasteiger partial charge on any atom is -0.496 e. The highest BCUT2D eigenvalue weighted by atomic mass is 32.2. The van der Waals surface area contributed by atoms with E-state index in [1.165, 1.54) is 25.7 Å². The van der Waals surface area contributed by atoms with Gasteiger partial charge in [0.15, 0.2) is 0 Å². The Bertz CT molecular complexity index is 1070. The van der Waals surface area contributed by atoms with Crippen molar-refractivity contribution in [1.29, 1.82) is 0 Å². The van der Waals surface area contributed by atoms with Crippen molar-refractivity contribution in [3.05, 3.63) is 54.4 Å². The summed E-state index contributed by atoms with van der Waals surface area (Å²) < 4.78 is 39.1. The highest BCUT2D eigenvalue weighted by Gasteiger charge is 2.24. The van der Waals surface area contributed by atoms with Gasteiger partial charge in [-0.2, -0.15) is 4.98 Å². The molecule has 29 heavy (non-hydrogen) atoms. The van der Waals surface area contributed by atoms with E-state index in [1.807, 2.05) is 6.07 Å². The summed E-state index contributed by atoms with van der Waals surface area (Å²) in [6.45, 7) is 0. The fourth-order valence-corrected chi connectivity index (χ4v) is 4.69. The van der Waals surface area contributed by atoms with Crippen molar-refractivity contribution in [1.82, 2.24) is 10.1 Å². The van der Waals surface area contributed by atoms with Crippen LogP contribution in [0.5, 0.6) is 5.75 Å². The second-order valence-corrected chi connectivity index (χ2v) is 8.81. The molecule has 0 spiro atoms. The molecular formula is C21H23N3O4S. The lowest BCUT2D eigenvalue weighted by molar-refractivity contribution is 0.314. The van der Waals surface area contributed by atoms with Crippen LogP contribution in [0.3, 0.4) is 0 Å². The van der Waals surface area contributed by atoms with Crippen molar-refractivity contribution < 1.29 is 17.7 Å². The third-order valence-electron chi connectivity index (χ3n) is 5.14. The van der Waals surface area contributed by atoms with Gasteiger partial charge in [-0.3, -0.25) is 4.72 Å². The van der Waals surface area contributed by atoms with Crippen LogP contribution >= 0.6 is 0 Å². The third kappa shape index (κ3) is 4.27. The van der Waals surface area contributed by atoms with Crippen molar-refractivity contribution in [2.24, 2.45) is 0 Å². The van der Waals surface area contributed by atoms with E-state index in [-0.39, 0.29) is 10.8 Å². The highest BCUT2D eigenvalue weighted by molar-refractivity contribution is 7.92. The molecule has 1 aromatic heterocycles. The fraction of sp³-hybridized carbons (Fsp3) is 0.333. The number of para-hydroxylation sites is 1. The number of sulfonamides is 1. The van der Waals surface area contributed by atoms with Gasteiger partial charge in [0.05, 0.1) is 17.6 Å². The Morgan fingerprint density at radius 3 is 2.55 bits per heavy atom. The number of ether oxygens (including phenoxy) is 1. The van der Waals surface area contributed by atoms with E-state index >= 15 is 0 Å². The first-order chi connectivity index (χ1) is 14.1. The zero-order chi connectivity index (χ0) is 20.3. The predicted octanol–water partition coefficient (Wildman–Crippen LogP) is 4.59. The second kappa shape index (κ2) is 8.24. The Morgan fingerprint density at radius 1 is 1.07 bits per heavy atom. The molecule has 1 aliphatic carbocycles. The molecule has 0 unspecified atom stereocenters. The summed E-state index contributed by atoms with van der Waals surface area (Å²) in [4.78, 5) is 4.65. The Labute approximate surface area is 170 Å². The van der Waals surface area contributed by atoms with Crippen molar-refractivity contribution in [2.45, 2.75) is 42.9 Å². The molecule has 3 aromatic rings. The second-order valence-electron chi connectivity index (χ2n) is 7.12. The van der Waals surface area contributed by atoms with Gasteiger partial charge in [0.2, 0.25) is 11.7 Å². The van der Waals surface area contributed by atoms with Gasteiger partial charge >= 0.3 is 0 Å². The zero-order valence-corrected chi connectivity index (χ0v) is 17.0. The normalized spacial score (nSPS) is 15.2. The minimum absolute atomic E-state index is 0.0983. The summed E-state index contributed by atoms with van der Waals surface area (Å²) in [7, 11) is -2.25. The van der Waals surface area contributed by atoms with E-state index in [0.717, 1.165) is 25.7 Å². The largest absolute Gasteiger partial charge is 0.496 e. The molecule has 0 aliphatic heterocycles. The van der Waals surface area contributed by atoms with Crippen molar-refractivity contribution >= 4 is 15.7 Å². The van der Waals surface area contributed by atoms with E-state index in [1.54, 1.807) is 30.3 Å². The van der Waals surface area contributed by atoms with Gasteiger partial charge in [-0.15, -0.1) is 0 Å². The third-order valence-corrected chi connectivity index (χ3v) is 6.52. The van der Waals surface area contributed by atoms with Crippen LogP contribution in [-0.2, 0) is 10.0 Å². The molecular weight excluding hydrogens is 390 g/mol. The maximum Gasteiger partial charge on any atom is 0.261 e. The molecule has 1 saturated carbocycles. The van der Waals surface area contributed by atoms with Crippen LogP contribution in [0.25, 0.3) is 11.4 Å². The number of benzene rings is 2. The predicted molar refractivity (Wildman–Crippen MR) is 109 cm³/mol. The lowest BCUT2D eigenvalue weighted by Gasteiger charge is -2.17. The standard InChI is InChI=1S/C21H23N3O4S/c1-27-19-13-12-17(29(25,26)24-16-10-6-3-7-11-16)14-18(19)20-22-21(28-23-20)15-8-4-2-5-9-15/h3,6-7,10-15,24H,2,4-5,8-9H2,1H3. The number of aromatic nitrogens is 2. The fourth-order valence-electron chi connectivity index (χ4n) is 3.61. The number of hydrogen-bond donors (Lipinski definition) is 1. The molecule has 0 bridgehead atoms. The van der Waals surface area contributed by atoms with Gasteiger partial charge in [0.25, 0.3) is 10.0 Å². The molecule has 7 nitrogen and oxygen atoms in total. The molecule has 1 fully saturated rings. The average Bonchev–Trinajstić information content (AvgIpc) is 3.24. The van der Waals surface area contributed by atoms with Crippen LogP contribution in [0.15, 0.2) is 57.9 Å². The van der Waals surface area contributed by atoms with E-state index in [0.29, 0.717) is 28.7 Å². The summed E-state index contributed by atoms with van der Waals surface area (Å²) in [5, 5.41) is 4.10.